The summed E-state index contributed by atoms with van der Waals surface area (Å²) in [7, 11) is 0. The Morgan fingerprint density at radius 2 is 1.95 bits per heavy atom. The molecule has 3 aromatic rings. The molecule has 0 radical (unpaired) electrons. The summed E-state index contributed by atoms with van der Waals surface area (Å²) in [6.45, 7) is 2.07. The molecule has 2 nitrogen and oxygen atoms in total. The van der Waals surface area contributed by atoms with Gasteiger partial charge in [0.1, 0.15) is 0 Å². The van der Waals surface area contributed by atoms with Crippen LogP contribution in [-0.2, 0) is 6.42 Å². The maximum absolute atomic E-state index is 6.15. The van der Waals surface area contributed by atoms with Crippen LogP contribution in [-0.4, -0.2) is 4.98 Å². The smallest absolute Gasteiger partial charge is 0.0975 e. The van der Waals surface area contributed by atoms with Gasteiger partial charge >= 0.3 is 0 Å². The third-order valence-corrected chi connectivity index (χ3v) is 5.60. The Morgan fingerprint density at radius 3 is 2.73 bits per heavy atom. The van der Waals surface area contributed by atoms with Crippen molar-refractivity contribution in [3.8, 4) is 0 Å². The number of aromatic nitrogens is 1. The van der Waals surface area contributed by atoms with Crippen molar-refractivity contribution in [3.63, 3.8) is 0 Å². The fourth-order valence-electron chi connectivity index (χ4n) is 3.05. The molecule has 0 bridgehead atoms. The summed E-state index contributed by atoms with van der Waals surface area (Å²) in [6.07, 6.45) is 3.45. The summed E-state index contributed by atoms with van der Waals surface area (Å²) in [4.78, 5) is 6.22. The van der Waals surface area contributed by atoms with Gasteiger partial charge in [-0.1, -0.05) is 42.5 Å². The van der Waals surface area contributed by atoms with Gasteiger partial charge in [-0.25, -0.2) is 4.98 Å². The summed E-state index contributed by atoms with van der Waals surface area (Å²) in [5.74, 6) is 0.665. The lowest BCUT2D eigenvalue weighted by Gasteiger charge is -2.04. The van der Waals surface area contributed by atoms with Crippen LogP contribution in [0.1, 0.15) is 52.9 Å². The van der Waals surface area contributed by atoms with Crippen LogP contribution in [0.4, 0.5) is 0 Å². The van der Waals surface area contributed by atoms with Gasteiger partial charge in [0.05, 0.1) is 10.7 Å². The molecule has 1 aliphatic rings. The zero-order valence-corrected chi connectivity index (χ0v) is 13.6. The fraction of sp³-hybridized carbons (Fsp3) is 0.316. The van der Waals surface area contributed by atoms with Gasteiger partial charge in [0.25, 0.3) is 0 Å². The van der Waals surface area contributed by atoms with E-state index in [4.69, 9.17) is 10.7 Å². The van der Waals surface area contributed by atoms with E-state index >= 15 is 0 Å². The highest BCUT2D eigenvalue weighted by Gasteiger charge is 2.30. The Kier molecular flexibility index (Phi) is 3.47. The van der Waals surface area contributed by atoms with Gasteiger partial charge in [-0.15, -0.1) is 11.3 Å². The van der Waals surface area contributed by atoms with Crippen LogP contribution >= 0.6 is 11.3 Å². The first-order chi connectivity index (χ1) is 10.7. The summed E-state index contributed by atoms with van der Waals surface area (Å²) in [5.41, 5.74) is 8.77. The molecule has 22 heavy (non-hydrogen) atoms. The van der Waals surface area contributed by atoms with E-state index in [1.54, 1.807) is 11.3 Å². The molecule has 0 amide bonds. The van der Waals surface area contributed by atoms with Crippen LogP contribution in [0.3, 0.4) is 0 Å². The van der Waals surface area contributed by atoms with Gasteiger partial charge in [-0.05, 0) is 36.1 Å². The molecule has 1 aromatic heterocycles. The molecule has 4 rings (SSSR count). The number of rotatable bonds is 4. The molecular formula is C19H20N2S. The van der Waals surface area contributed by atoms with E-state index in [0.29, 0.717) is 5.92 Å². The van der Waals surface area contributed by atoms with Crippen molar-refractivity contribution in [2.75, 3.05) is 0 Å². The van der Waals surface area contributed by atoms with Gasteiger partial charge in [-0.3, -0.25) is 0 Å². The second-order valence-corrected chi connectivity index (χ2v) is 7.35. The first-order valence-electron chi connectivity index (χ1n) is 7.94. The molecule has 0 saturated heterocycles. The van der Waals surface area contributed by atoms with Crippen LogP contribution in [0.25, 0.3) is 10.8 Å². The van der Waals surface area contributed by atoms with E-state index in [9.17, 15) is 0 Å². The molecule has 2 N–H and O–H groups in total. The highest BCUT2D eigenvalue weighted by atomic mass is 32.1. The Balaban J connectivity index is 1.72. The van der Waals surface area contributed by atoms with E-state index in [-0.39, 0.29) is 6.04 Å². The van der Waals surface area contributed by atoms with E-state index < -0.39 is 0 Å². The Morgan fingerprint density at radius 1 is 1.18 bits per heavy atom. The first kappa shape index (κ1) is 13.9. The average Bonchev–Trinajstić information content (AvgIpc) is 3.28. The van der Waals surface area contributed by atoms with Crippen molar-refractivity contribution >= 4 is 22.1 Å². The number of hydrogen-bond donors (Lipinski definition) is 1. The lowest BCUT2D eigenvalue weighted by molar-refractivity contribution is 0.810. The second kappa shape index (κ2) is 5.49. The number of thiazole rings is 1. The second-order valence-electron chi connectivity index (χ2n) is 6.24. The summed E-state index contributed by atoms with van der Waals surface area (Å²) in [5, 5.41) is 3.83. The maximum Gasteiger partial charge on any atom is 0.0975 e. The van der Waals surface area contributed by atoms with Crippen molar-refractivity contribution in [1.29, 1.82) is 0 Å². The molecule has 2 aromatic carbocycles. The monoisotopic (exact) mass is 308 g/mol. The Labute approximate surface area is 135 Å². The minimum absolute atomic E-state index is 0.0920. The lowest BCUT2D eigenvalue weighted by atomic mass is 10.0. The molecule has 3 heteroatoms. The summed E-state index contributed by atoms with van der Waals surface area (Å²) < 4.78 is 0. The Hall–Kier alpha value is -1.71. The highest BCUT2D eigenvalue weighted by molar-refractivity contribution is 7.11. The molecule has 0 spiro atoms. The van der Waals surface area contributed by atoms with Crippen LogP contribution in [0.2, 0.25) is 0 Å². The van der Waals surface area contributed by atoms with Gasteiger partial charge in [0.2, 0.25) is 0 Å². The molecule has 1 atom stereocenters. The average molecular weight is 308 g/mol. The highest BCUT2D eigenvalue weighted by Crippen LogP contribution is 2.44. The normalized spacial score (nSPS) is 16.1. The number of nitrogens with zero attached hydrogens (tertiary/aromatic N) is 1. The molecule has 1 unspecified atom stereocenters. The van der Waals surface area contributed by atoms with Crippen molar-refractivity contribution < 1.29 is 0 Å². The molecule has 112 valence electrons. The van der Waals surface area contributed by atoms with Crippen molar-refractivity contribution in [2.45, 2.75) is 38.1 Å². The summed E-state index contributed by atoms with van der Waals surface area (Å²) in [6, 6.07) is 15.2. The largest absolute Gasteiger partial charge is 0.323 e. The van der Waals surface area contributed by atoms with Crippen LogP contribution in [0, 0.1) is 0 Å². The molecule has 1 aliphatic carbocycles. The number of nitrogens with two attached hydrogens (primary N) is 1. The van der Waals surface area contributed by atoms with Gasteiger partial charge in [0, 0.05) is 23.3 Å². The molecule has 1 fully saturated rings. The van der Waals surface area contributed by atoms with Gasteiger partial charge in [0.15, 0.2) is 0 Å². The Bertz CT molecular complexity index is 790. The molecule has 1 saturated carbocycles. The molecule has 1 heterocycles. The number of hydrogen-bond acceptors (Lipinski definition) is 3. The van der Waals surface area contributed by atoms with Crippen LogP contribution in [0.5, 0.6) is 0 Å². The number of benzene rings is 2. The van der Waals surface area contributed by atoms with Crippen molar-refractivity contribution in [1.82, 2.24) is 4.98 Å². The van der Waals surface area contributed by atoms with Gasteiger partial charge < -0.3 is 5.73 Å². The van der Waals surface area contributed by atoms with Crippen molar-refractivity contribution in [2.24, 2.45) is 5.73 Å². The third kappa shape index (κ3) is 2.55. The standard InChI is InChI=1S/C19H20N2S/c1-12(20)19-18(14-9-10-14)21-17(22-19)11-15-7-4-6-13-5-2-3-8-16(13)15/h2-8,12,14H,9-11,20H2,1H3. The van der Waals surface area contributed by atoms with Crippen LogP contribution < -0.4 is 5.73 Å². The predicted octanol–water partition coefficient (Wildman–Crippen LogP) is 4.78. The third-order valence-electron chi connectivity index (χ3n) is 4.32. The van der Waals surface area contributed by atoms with Gasteiger partial charge in [-0.2, -0.15) is 0 Å². The minimum Gasteiger partial charge on any atom is -0.323 e. The zero-order chi connectivity index (χ0) is 15.1. The molecule has 0 aliphatic heterocycles. The predicted molar refractivity (Wildman–Crippen MR) is 93.4 cm³/mol. The quantitative estimate of drug-likeness (QED) is 0.753. The maximum atomic E-state index is 6.15. The van der Waals surface area contributed by atoms with Crippen molar-refractivity contribution in [3.05, 3.63) is 63.6 Å². The zero-order valence-electron chi connectivity index (χ0n) is 12.8. The van der Waals surface area contributed by atoms with E-state index in [2.05, 4.69) is 49.4 Å². The molecular weight excluding hydrogens is 288 g/mol. The number of fused-ring (bicyclic) bond motifs is 1. The fourth-order valence-corrected chi connectivity index (χ4v) is 4.18. The first-order valence-corrected chi connectivity index (χ1v) is 8.75. The van der Waals surface area contributed by atoms with E-state index in [1.165, 1.54) is 44.8 Å². The summed E-state index contributed by atoms with van der Waals surface area (Å²) >= 11 is 1.80. The topological polar surface area (TPSA) is 38.9 Å². The van der Waals surface area contributed by atoms with E-state index in [1.807, 2.05) is 0 Å². The minimum atomic E-state index is 0.0920. The van der Waals surface area contributed by atoms with E-state index in [0.717, 1.165) is 6.42 Å². The van der Waals surface area contributed by atoms with Crippen LogP contribution in [0.15, 0.2) is 42.5 Å². The lowest BCUT2D eigenvalue weighted by Crippen LogP contribution is -2.05. The SMILES string of the molecule is CC(N)c1sc(Cc2cccc3ccccc23)nc1C1CC1.